The Morgan fingerprint density at radius 3 is 2.77 bits per heavy atom. The molecule has 0 fully saturated rings. The molecule has 1 aromatic carbocycles. The van der Waals surface area contributed by atoms with Crippen molar-refractivity contribution in [1.29, 1.82) is 0 Å². The lowest BCUT2D eigenvalue weighted by molar-refractivity contribution is 0.600. The number of nitrogens with zero attached hydrogens (tertiary/aromatic N) is 4. The third-order valence-corrected chi connectivity index (χ3v) is 4.71. The number of hydrogen-bond donors (Lipinski definition) is 2. The first-order chi connectivity index (χ1) is 12.8. The number of fused-ring (bicyclic) bond motifs is 1. The van der Waals surface area contributed by atoms with Crippen molar-refractivity contribution < 1.29 is 0 Å². The van der Waals surface area contributed by atoms with Gasteiger partial charge in [0.25, 0.3) is 0 Å². The minimum absolute atomic E-state index is 0.677. The minimum atomic E-state index is 0.677. The first kappa shape index (κ1) is 18.4. The molecule has 0 aliphatic carbocycles. The van der Waals surface area contributed by atoms with Crippen LogP contribution in [0.25, 0.3) is 0 Å². The number of hydrogen-bond acceptors (Lipinski definition) is 3. The van der Waals surface area contributed by atoms with Gasteiger partial charge in [-0.3, -0.25) is 0 Å². The van der Waals surface area contributed by atoms with Gasteiger partial charge in [-0.2, -0.15) is 0 Å². The number of aromatic nitrogens is 3. The Hall–Kier alpha value is -2.37. The molecule has 0 bridgehead atoms. The maximum Gasteiger partial charge on any atom is 0.191 e. The molecule has 0 amide bonds. The topological polar surface area (TPSA) is 67.1 Å². The third-order valence-electron chi connectivity index (χ3n) is 4.71. The zero-order valence-electron chi connectivity index (χ0n) is 16.0. The van der Waals surface area contributed by atoms with Crippen LogP contribution in [-0.2, 0) is 25.9 Å². The van der Waals surface area contributed by atoms with Crippen molar-refractivity contribution in [2.75, 3.05) is 13.1 Å². The highest BCUT2D eigenvalue weighted by Crippen LogP contribution is 2.14. The van der Waals surface area contributed by atoms with Gasteiger partial charge in [0.2, 0.25) is 0 Å². The lowest BCUT2D eigenvalue weighted by atomic mass is 10.1. The number of nitrogens with one attached hydrogen (secondary N) is 2. The average molecular weight is 355 g/mol. The van der Waals surface area contributed by atoms with E-state index in [-0.39, 0.29) is 0 Å². The molecule has 6 heteroatoms. The molecule has 2 aromatic rings. The second-order valence-electron chi connectivity index (χ2n) is 6.85. The van der Waals surface area contributed by atoms with Gasteiger partial charge >= 0.3 is 0 Å². The van der Waals surface area contributed by atoms with E-state index in [2.05, 4.69) is 68.5 Å². The second-order valence-corrected chi connectivity index (χ2v) is 6.85. The molecule has 2 heterocycles. The number of rotatable bonds is 6. The number of benzene rings is 1. The van der Waals surface area contributed by atoms with Crippen LogP contribution in [0.15, 0.2) is 29.3 Å². The van der Waals surface area contributed by atoms with E-state index in [0.29, 0.717) is 6.54 Å². The SMILES string of the molecule is CCNC(=NCc1ccc(C)cc1)NCCc1nnc2n1CCCCC2. The number of guanidine groups is 1. The van der Waals surface area contributed by atoms with Crippen LogP contribution in [0.5, 0.6) is 0 Å². The highest BCUT2D eigenvalue weighted by atomic mass is 15.3. The first-order valence-electron chi connectivity index (χ1n) is 9.75. The summed E-state index contributed by atoms with van der Waals surface area (Å²) in [6, 6.07) is 8.52. The predicted molar refractivity (Wildman–Crippen MR) is 105 cm³/mol. The number of aliphatic imine (C=N–C) groups is 1. The van der Waals surface area contributed by atoms with Gasteiger partial charge in [0.1, 0.15) is 11.6 Å². The fraction of sp³-hybridized carbons (Fsp3) is 0.550. The molecule has 1 aliphatic rings. The molecule has 0 radical (unpaired) electrons. The summed E-state index contributed by atoms with van der Waals surface area (Å²) in [6.45, 7) is 7.57. The zero-order valence-corrected chi connectivity index (χ0v) is 16.0. The van der Waals surface area contributed by atoms with E-state index < -0.39 is 0 Å². The minimum Gasteiger partial charge on any atom is -0.357 e. The fourth-order valence-electron chi connectivity index (χ4n) is 3.23. The Morgan fingerprint density at radius 1 is 1.12 bits per heavy atom. The summed E-state index contributed by atoms with van der Waals surface area (Å²) < 4.78 is 2.31. The standard InChI is InChI=1S/C20H30N6/c1-3-21-20(23-15-17-10-8-16(2)9-11-17)22-13-12-19-25-24-18-7-5-4-6-14-26(18)19/h8-11H,3-7,12-15H2,1-2H3,(H2,21,22,23). The molecule has 0 spiro atoms. The van der Waals surface area contributed by atoms with Crippen molar-refractivity contribution >= 4 is 5.96 Å². The van der Waals surface area contributed by atoms with Gasteiger partial charge in [-0.05, 0) is 32.3 Å². The molecule has 3 rings (SSSR count). The van der Waals surface area contributed by atoms with E-state index >= 15 is 0 Å². The van der Waals surface area contributed by atoms with Crippen LogP contribution in [-0.4, -0.2) is 33.8 Å². The molecule has 1 aliphatic heterocycles. The Bertz CT molecular complexity index is 716. The zero-order chi connectivity index (χ0) is 18.2. The highest BCUT2D eigenvalue weighted by Gasteiger charge is 2.14. The monoisotopic (exact) mass is 354 g/mol. The summed E-state index contributed by atoms with van der Waals surface area (Å²) in [6.07, 6.45) is 5.67. The molecule has 1 aromatic heterocycles. The van der Waals surface area contributed by atoms with E-state index in [0.717, 1.165) is 50.1 Å². The molecular formula is C20H30N6. The van der Waals surface area contributed by atoms with Crippen molar-refractivity contribution in [3.8, 4) is 0 Å². The quantitative estimate of drug-likeness (QED) is 0.618. The van der Waals surface area contributed by atoms with Crippen LogP contribution in [0.4, 0.5) is 0 Å². The summed E-state index contributed by atoms with van der Waals surface area (Å²) in [5.74, 6) is 3.09. The molecular weight excluding hydrogens is 324 g/mol. The van der Waals surface area contributed by atoms with Gasteiger partial charge in [-0.15, -0.1) is 10.2 Å². The van der Waals surface area contributed by atoms with Crippen LogP contribution >= 0.6 is 0 Å². The van der Waals surface area contributed by atoms with Gasteiger partial charge in [-0.25, -0.2) is 4.99 Å². The molecule has 26 heavy (non-hydrogen) atoms. The first-order valence-corrected chi connectivity index (χ1v) is 9.75. The maximum absolute atomic E-state index is 4.69. The van der Waals surface area contributed by atoms with Crippen molar-refractivity contribution in [3.63, 3.8) is 0 Å². The van der Waals surface area contributed by atoms with Gasteiger partial charge < -0.3 is 15.2 Å². The van der Waals surface area contributed by atoms with Crippen molar-refractivity contribution in [2.24, 2.45) is 4.99 Å². The second kappa shape index (κ2) is 9.36. The van der Waals surface area contributed by atoms with Gasteiger partial charge in [0.15, 0.2) is 5.96 Å². The van der Waals surface area contributed by atoms with Crippen molar-refractivity contribution in [3.05, 3.63) is 47.0 Å². The summed E-state index contributed by atoms with van der Waals surface area (Å²) in [5, 5.41) is 15.5. The van der Waals surface area contributed by atoms with E-state index in [1.54, 1.807) is 0 Å². The lowest BCUT2D eigenvalue weighted by Crippen LogP contribution is -2.38. The Kier molecular flexibility index (Phi) is 6.63. The fourth-order valence-corrected chi connectivity index (χ4v) is 3.23. The highest BCUT2D eigenvalue weighted by molar-refractivity contribution is 5.79. The van der Waals surface area contributed by atoms with Crippen molar-refractivity contribution in [1.82, 2.24) is 25.4 Å². The van der Waals surface area contributed by atoms with E-state index in [1.807, 2.05) is 0 Å². The Morgan fingerprint density at radius 2 is 1.96 bits per heavy atom. The summed E-state index contributed by atoms with van der Waals surface area (Å²) in [5.41, 5.74) is 2.49. The largest absolute Gasteiger partial charge is 0.357 e. The summed E-state index contributed by atoms with van der Waals surface area (Å²) in [7, 11) is 0. The molecule has 140 valence electrons. The third kappa shape index (κ3) is 5.07. The molecule has 0 saturated carbocycles. The molecule has 2 N–H and O–H groups in total. The molecule has 6 nitrogen and oxygen atoms in total. The predicted octanol–water partition coefficient (Wildman–Crippen LogP) is 2.61. The average Bonchev–Trinajstić information content (AvgIpc) is 2.87. The Labute approximate surface area is 156 Å². The van der Waals surface area contributed by atoms with Crippen LogP contribution in [0, 0.1) is 6.92 Å². The molecule has 0 saturated heterocycles. The van der Waals surface area contributed by atoms with Crippen LogP contribution in [0.3, 0.4) is 0 Å². The van der Waals surface area contributed by atoms with Gasteiger partial charge in [-0.1, -0.05) is 36.2 Å². The van der Waals surface area contributed by atoms with E-state index in [1.165, 1.54) is 30.4 Å². The number of aryl methyl sites for hydroxylation is 2. The summed E-state index contributed by atoms with van der Waals surface area (Å²) in [4.78, 5) is 4.69. The lowest BCUT2D eigenvalue weighted by Gasteiger charge is -2.12. The molecule has 0 atom stereocenters. The van der Waals surface area contributed by atoms with Crippen LogP contribution in [0.1, 0.15) is 49.0 Å². The van der Waals surface area contributed by atoms with E-state index in [4.69, 9.17) is 0 Å². The van der Waals surface area contributed by atoms with Gasteiger partial charge in [0.05, 0.1) is 6.54 Å². The van der Waals surface area contributed by atoms with Crippen molar-refractivity contribution in [2.45, 2.75) is 59.0 Å². The van der Waals surface area contributed by atoms with Crippen LogP contribution in [0.2, 0.25) is 0 Å². The smallest absolute Gasteiger partial charge is 0.191 e. The van der Waals surface area contributed by atoms with Gasteiger partial charge in [0, 0.05) is 32.5 Å². The maximum atomic E-state index is 4.69. The van der Waals surface area contributed by atoms with E-state index in [9.17, 15) is 0 Å². The Balaban J connectivity index is 1.54. The normalized spacial score (nSPS) is 14.6. The van der Waals surface area contributed by atoms with Crippen LogP contribution < -0.4 is 10.6 Å². The molecule has 0 unspecified atom stereocenters. The summed E-state index contributed by atoms with van der Waals surface area (Å²) >= 11 is 0.